The maximum atomic E-state index is 11.6. The number of aryl methyl sites for hydroxylation is 1. The standard InChI is InChI=1S/C23H32N6O3/c1-24-10-5-11-29(2)14-17-13-25-22-21(17)23(27-15-26-22)28-18-7-8-19(31-3)16(12-18)6-9-20(30)32-4/h7-8,12-13,15,24H,5-6,9-11,14H2,1-4H3,(H2,25,26,27,28). The first kappa shape index (κ1) is 23.5. The minimum atomic E-state index is -0.251. The van der Waals surface area contributed by atoms with Crippen LogP contribution in [0.4, 0.5) is 11.5 Å². The molecule has 3 N–H and O–H groups in total. The number of carbonyl (C=O) groups is 1. The van der Waals surface area contributed by atoms with E-state index in [0.29, 0.717) is 6.42 Å². The number of methoxy groups -OCH3 is 2. The van der Waals surface area contributed by atoms with Crippen LogP contribution in [0.1, 0.15) is 24.0 Å². The minimum Gasteiger partial charge on any atom is -0.496 e. The average Bonchev–Trinajstić information content (AvgIpc) is 3.21. The number of H-pyrrole nitrogens is 1. The number of aromatic nitrogens is 3. The van der Waals surface area contributed by atoms with Crippen LogP contribution in [0, 0.1) is 0 Å². The number of hydrogen-bond acceptors (Lipinski definition) is 8. The van der Waals surface area contributed by atoms with Crippen molar-refractivity contribution < 1.29 is 14.3 Å². The third-order valence-electron chi connectivity index (χ3n) is 5.33. The Hall–Kier alpha value is -3.17. The van der Waals surface area contributed by atoms with Crippen molar-refractivity contribution in [1.82, 2.24) is 25.2 Å². The zero-order valence-electron chi connectivity index (χ0n) is 19.2. The Morgan fingerprint density at radius 2 is 2.06 bits per heavy atom. The molecule has 32 heavy (non-hydrogen) atoms. The van der Waals surface area contributed by atoms with Gasteiger partial charge in [0.1, 0.15) is 23.5 Å². The van der Waals surface area contributed by atoms with E-state index in [-0.39, 0.29) is 12.4 Å². The average molecular weight is 441 g/mol. The van der Waals surface area contributed by atoms with Crippen molar-refractivity contribution in [1.29, 1.82) is 0 Å². The number of ether oxygens (including phenoxy) is 2. The summed E-state index contributed by atoms with van der Waals surface area (Å²) < 4.78 is 10.2. The van der Waals surface area contributed by atoms with Gasteiger partial charge in [-0.3, -0.25) is 4.79 Å². The predicted octanol–water partition coefficient (Wildman–Crippen LogP) is 2.86. The van der Waals surface area contributed by atoms with E-state index in [1.807, 2.05) is 31.4 Å². The first-order valence-corrected chi connectivity index (χ1v) is 10.7. The molecule has 0 saturated heterocycles. The summed E-state index contributed by atoms with van der Waals surface area (Å²) in [5.41, 5.74) is 3.71. The zero-order chi connectivity index (χ0) is 22.9. The van der Waals surface area contributed by atoms with Gasteiger partial charge in [-0.2, -0.15) is 0 Å². The Bertz CT molecular complexity index is 1040. The van der Waals surface area contributed by atoms with E-state index in [2.05, 4.69) is 37.5 Å². The third kappa shape index (κ3) is 5.95. The summed E-state index contributed by atoms with van der Waals surface area (Å²) in [5.74, 6) is 1.22. The van der Waals surface area contributed by atoms with Gasteiger partial charge < -0.3 is 30.0 Å². The van der Waals surface area contributed by atoms with E-state index in [4.69, 9.17) is 9.47 Å². The first-order chi connectivity index (χ1) is 15.5. The van der Waals surface area contributed by atoms with E-state index in [1.165, 1.54) is 7.11 Å². The van der Waals surface area contributed by atoms with Crippen LogP contribution in [0.15, 0.2) is 30.7 Å². The van der Waals surface area contributed by atoms with E-state index < -0.39 is 0 Å². The van der Waals surface area contributed by atoms with Gasteiger partial charge in [0.05, 0.1) is 19.6 Å². The van der Waals surface area contributed by atoms with Crippen LogP contribution in [-0.2, 0) is 22.5 Å². The largest absolute Gasteiger partial charge is 0.496 e. The Morgan fingerprint density at radius 3 is 2.81 bits per heavy atom. The summed E-state index contributed by atoms with van der Waals surface area (Å²) in [4.78, 5) is 26.0. The lowest BCUT2D eigenvalue weighted by Gasteiger charge is -2.17. The quantitative estimate of drug-likeness (QED) is 0.292. The summed E-state index contributed by atoms with van der Waals surface area (Å²) in [5, 5.41) is 7.57. The smallest absolute Gasteiger partial charge is 0.305 e. The topological polar surface area (TPSA) is 104 Å². The van der Waals surface area contributed by atoms with Gasteiger partial charge in [0, 0.05) is 24.8 Å². The summed E-state index contributed by atoms with van der Waals surface area (Å²) >= 11 is 0. The Balaban J connectivity index is 1.82. The van der Waals surface area contributed by atoms with Gasteiger partial charge in [-0.1, -0.05) is 0 Å². The first-order valence-electron chi connectivity index (χ1n) is 10.7. The molecule has 0 fully saturated rings. The number of fused-ring (bicyclic) bond motifs is 1. The number of esters is 1. The maximum Gasteiger partial charge on any atom is 0.305 e. The molecular formula is C23H32N6O3. The van der Waals surface area contributed by atoms with E-state index in [9.17, 15) is 4.79 Å². The van der Waals surface area contributed by atoms with Crippen LogP contribution < -0.4 is 15.4 Å². The number of aromatic amines is 1. The van der Waals surface area contributed by atoms with Crippen LogP contribution in [0.3, 0.4) is 0 Å². The Labute approximate surface area is 188 Å². The van der Waals surface area contributed by atoms with Gasteiger partial charge in [-0.25, -0.2) is 9.97 Å². The van der Waals surface area contributed by atoms with Crippen LogP contribution in [0.5, 0.6) is 5.75 Å². The summed E-state index contributed by atoms with van der Waals surface area (Å²) in [6.45, 7) is 2.77. The molecule has 2 heterocycles. The number of benzene rings is 1. The molecule has 0 radical (unpaired) electrons. The Morgan fingerprint density at radius 1 is 1.22 bits per heavy atom. The van der Waals surface area contributed by atoms with Gasteiger partial charge in [-0.05, 0) is 69.4 Å². The lowest BCUT2D eigenvalue weighted by molar-refractivity contribution is -0.140. The number of carbonyl (C=O) groups excluding carboxylic acids is 1. The highest BCUT2D eigenvalue weighted by Crippen LogP contribution is 2.30. The van der Waals surface area contributed by atoms with Gasteiger partial charge >= 0.3 is 5.97 Å². The molecular weight excluding hydrogens is 408 g/mol. The van der Waals surface area contributed by atoms with Crippen molar-refractivity contribution >= 4 is 28.5 Å². The number of rotatable bonds is 12. The van der Waals surface area contributed by atoms with Crippen molar-refractivity contribution in [2.24, 2.45) is 0 Å². The molecule has 1 aromatic carbocycles. The van der Waals surface area contributed by atoms with Crippen molar-refractivity contribution in [3.05, 3.63) is 41.9 Å². The summed E-state index contributed by atoms with van der Waals surface area (Å²) in [6, 6.07) is 5.80. The maximum absolute atomic E-state index is 11.6. The van der Waals surface area contributed by atoms with Crippen LogP contribution in [0.2, 0.25) is 0 Å². The van der Waals surface area contributed by atoms with Gasteiger partial charge in [-0.15, -0.1) is 0 Å². The monoisotopic (exact) mass is 440 g/mol. The second kappa shape index (κ2) is 11.4. The molecule has 0 unspecified atom stereocenters. The number of anilines is 2. The van der Waals surface area contributed by atoms with Crippen LogP contribution in [0.25, 0.3) is 11.0 Å². The summed E-state index contributed by atoms with van der Waals surface area (Å²) in [7, 11) is 7.10. The van der Waals surface area contributed by atoms with Gasteiger partial charge in [0.2, 0.25) is 0 Å². The highest BCUT2D eigenvalue weighted by Gasteiger charge is 2.14. The van der Waals surface area contributed by atoms with Gasteiger partial charge in [0.15, 0.2) is 0 Å². The second-order valence-corrected chi connectivity index (χ2v) is 7.68. The molecule has 0 bridgehead atoms. The predicted molar refractivity (Wildman–Crippen MR) is 125 cm³/mol. The number of nitrogens with one attached hydrogen (secondary N) is 3. The second-order valence-electron chi connectivity index (χ2n) is 7.68. The minimum absolute atomic E-state index is 0.251. The van der Waals surface area contributed by atoms with E-state index in [0.717, 1.165) is 65.5 Å². The fraction of sp³-hybridized carbons (Fsp3) is 0.435. The highest BCUT2D eigenvalue weighted by molar-refractivity contribution is 5.92. The lowest BCUT2D eigenvalue weighted by atomic mass is 10.1. The molecule has 2 aromatic heterocycles. The molecule has 172 valence electrons. The highest BCUT2D eigenvalue weighted by atomic mass is 16.5. The molecule has 0 aliphatic heterocycles. The van der Waals surface area contributed by atoms with Crippen molar-refractivity contribution in [2.45, 2.75) is 25.8 Å². The van der Waals surface area contributed by atoms with Crippen molar-refractivity contribution in [3.8, 4) is 5.75 Å². The Kier molecular flexibility index (Phi) is 8.41. The molecule has 9 heteroatoms. The third-order valence-corrected chi connectivity index (χ3v) is 5.33. The van der Waals surface area contributed by atoms with Crippen molar-refractivity contribution in [3.63, 3.8) is 0 Å². The fourth-order valence-electron chi connectivity index (χ4n) is 3.67. The van der Waals surface area contributed by atoms with Crippen molar-refractivity contribution in [2.75, 3.05) is 46.7 Å². The van der Waals surface area contributed by atoms with Crippen LogP contribution >= 0.6 is 0 Å². The lowest BCUT2D eigenvalue weighted by Crippen LogP contribution is -2.22. The van der Waals surface area contributed by atoms with E-state index in [1.54, 1.807) is 13.4 Å². The fourth-order valence-corrected chi connectivity index (χ4v) is 3.67. The molecule has 3 rings (SSSR count). The van der Waals surface area contributed by atoms with E-state index >= 15 is 0 Å². The summed E-state index contributed by atoms with van der Waals surface area (Å²) in [6.07, 6.45) is 5.43. The van der Waals surface area contributed by atoms with Crippen LogP contribution in [-0.4, -0.2) is 67.2 Å². The molecule has 0 spiro atoms. The zero-order valence-corrected chi connectivity index (χ0v) is 19.2. The molecule has 0 aliphatic rings. The SMILES string of the molecule is CNCCCN(C)Cc1c[nH]c2ncnc(Nc3ccc(OC)c(CCC(=O)OC)c3)c12. The normalized spacial score (nSPS) is 11.2. The number of nitrogens with zero attached hydrogens (tertiary/aromatic N) is 3. The molecule has 0 amide bonds. The molecule has 9 nitrogen and oxygen atoms in total. The molecule has 3 aromatic rings. The van der Waals surface area contributed by atoms with Gasteiger partial charge in [0.25, 0.3) is 0 Å². The molecule has 0 aliphatic carbocycles. The molecule has 0 saturated carbocycles. The number of hydrogen-bond donors (Lipinski definition) is 3. The molecule has 0 atom stereocenters.